The second-order valence-electron chi connectivity index (χ2n) is 10.7. The van der Waals surface area contributed by atoms with Gasteiger partial charge in [0.25, 0.3) is 0 Å². The summed E-state index contributed by atoms with van der Waals surface area (Å²) >= 11 is 0. The van der Waals surface area contributed by atoms with Gasteiger partial charge in [0, 0.05) is 26.2 Å². The first kappa shape index (κ1) is 26.5. The van der Waals surface area contributed by atoms with Crippen molar-refractivity contribution in [1.82, 2.24) is 15.1 Å². The molecule has 0 aliphatic carbocycles. The van der Waals surface area contributed by atoms with Crippen LogP contribution in [0.1, 0.15) is 59.9 Å². The van der Waals surface area contributed by atoms with Crippen LogP contribution in [0.15, 0.2) is 30.3 Å². The Balaban J connectivity index is 1.94. The van der Waals surface area contributed by atoms with Crippen LogP contribution in [0.5, 0.6) is 0 Å². The maximum absolute atomic E-state index is 13.4. The number of alkyl carbamates (subject to hydrolysis) is 1. The van der Waals surface area contributed by atoms with Crippen LogP contribution in [-0.2, 0) is 20.9 Å². The van der Waals surface area contributed by atoms with Gasteiger partial charge >= 0.3 is 12.2 Å². The number of hydrogen-bond donors (Lipinski definition) is 1. The summed E-state index contributed by atoms with van der Waals surface area (Å²) in [4.78, 5) is 41.5. The van der Waals surface area contributed by atoms with Crippen molar-refractivity contribution in [3.05, 3.63) is 35.9 Å². The fourth-order valence-electron chi connectivity index (χ4n) is 3.68. The number of hydrogen-bond acceptors (Lipinski definition) is 5. The Morgan fingerprint density at radius 3 is 2.15 bits per heavy atom. The molecule has 2 rings (SSSR count). The monoisotopic (exact) mass is 461 g/mol. The van der Waals surface area contributed by atoms with E-state index in [1.165, 1.54) is 0 Å². The number of nitrogens with zero attached hydrogens (tertiary/aromatic N) is 2. The number of ether oxygens (including phenoxy) is 2. The third kappa shape index (κ3) is 8.26. The van der Waals surface area contributed by atoms with E-state index >= 15 is 0 Å². The van der Waals surface area contributed by atoms with Crippen LogP contribution in [-0.4, -0.2) is 65.7 Å². The molecule has 0 radical (unpaired) electrons. The molecular formula is C25H39N3O5. The zero-order chi connectivity index (χ0) is 24.8. The van der Waals surface area contributed by atoms with Gasteiger partial charge in [0.15, 0.2) is 0 Å². The van der Waals surface area contributed by atoms with Gasteiger partial charge in [0.05, 0.1) is 0 Å². The molecule has 1 aliphatic rings. The highest BCUT2D eigenvalue weighted by molar-refractivity contribution is 5.86. The van der Waals surface area contributed by atoms with Crippen LogP contribution >= 0.6 is 0 Å². The van der Waals surface area contributed by atoms with E-state index in [1.807, 2.05) is 71.9 Å². The van der Waals surface area contributed by atoms with E-state index in [-0.39, 0.29) is 24.6 Å². The van der Waals surface area contributed by atoms with Crippen LogP contribution in [0.3, 0.4) is 0 Å². The van der Waals surface area contributed by atoms with Crippen LogP contribution in [0.2, 0.25) is 0 Å². The normalized spacial score (nSPS) is 16.0. The minimum absolute atomic E-state index is 0.0248. The maximum atomic E-state index is 13.4. The number of likely N-dealkylation sites (N-methyl/N-ethyl adjacent to an activating group) is 1. The van der Waals surface area contributed by atoms with E-state index in [1.54, 1.807) is 16.8 Å². The summed E-state index contributed by atoms with van der Waals surface area (Å²) in [6, 6.07) is 8.63. The van der Waals surface area contributed by atoms with Crippen LogP contribution in [0.4, 0.5) is 9.59 Å². The zero-order valence-corrected chi connectivity index (χ0v) is 21.0. The lowest BCUT2D eigenvalue weighted by molar-refractivity contribution is -0.137. The number of carbonyl (C=O) groups excluding carboxylic acids is 3. The topological polar surface area (TPSA) is 88.2 Å². The second-order valence-corrected chi connectivity index (χ2v) is 10.7. The number of piperidine rings is 1. The maximum Gasteiger partial charge on any atom is 0.410 e. The van der Waals surface area contributed by atoms with Gasteiger partial charge in [0.2, 0.25) is 5.91 Å². The Morgan fingerprint density at radius 2 is 1.64 bits per heavy atom. The SMILES string of the molecule is CN(C(=O)[C@@H](NC(=O)OCc1ccccc1)C(C)(C)C)C1CCN(C(=O)OC(C)(C)C)CC1. The molecule has 0 aromatic heterocycles. The predicted octanol–water partition coefficient (Wildman–Crippen LogP) is 4.19. The van der Waals surface area contributed by atoms with Crippen molar-refractivity contribution in [3.63, 3.8) is 0 Å². The molecule has 0 bridgehead atoms. The first-order valence-corrected chi connectivity index (χ1v) is 11.5. The first-order valence-electron chi connectivity index (χ1n) is 11.5. The summed E-state index contributed by atoms with van der Waals surface area (Å²) in [5.74, 6) is -0.171. The molecule has 184 valence electrons. The quantitative estimate of drug-likeness (QED) is 0.710. The van der Waals surface area contributed by atoms with Gasteiger partial charge in [-0.05, 0) is 44.6 Å². The lowest BCUT2D eigenvalue weighted by Crippen LogP contribution is -2.57. The first-order chi connectivity index (χ1) is 15.3. The number of amides is 3. The Kier molecular flexibility index (Phi) is 8.75. The molecule has 1 aromatic rings. The van der Waals surface area contributed by atoms with Crippen molar-refractivity contribution >= 4 is 18.1 Å². The van der Waals surface area contributed by atoms with Crippen molar-refractivity contribution < 1.29 is 23.9 Å². The lowest BCUT2D eigenvalue weighted by atomic mass is 9.85. The highest BCUT2D eigenvalue weighted by atomic mass is 16.6. The van der Waals surface area contributed by atoms with E-state index in [0.29, 0.717) is 25.9 Å². The van der Waals surface area contributed by atoms with Gasteiger partial charge in [-0.15, -0.1) is 0 Å². The molecule has 33 heavy (non-hydrogen) atoms. The second kappa shape index (κ2) is 10.9. The molecule has 0 saturated carbocycles. The Hall–Kier alpha value is -2.77. The fourth-order valence-corrected chi connectivity index (χ4v) is 3.68. The summed E-state index contributed by atoms with van der Waals surface area (Å²) in [5, 5.41) is 2.76. The van der Waals surface area contributed by atoms with Crippen LogP contribution < -0.4 is 5.32 Å². The average molecular weight is 462 g/mol. The van der Waals surface area contributed by atoms with Gasteiger partial charge in [-0.3, -0.25) is 4.79 Å². The molecule has 1 aliphatic heterocycles. The fraction of sp³-hybridized carbons (Fsp3) is 0.640. The van der Waals surface area contributed by atoms with Gasteiger partial charge in [-0.25, -0.2) is 9.59 Å². The predicted molar refractivity (Wildman–Crippen MR) is 127 cm³/mol. The smallest absolute Gasteiger partial charge is 0.410 e. The van der Waals surface area contributed by atoms with Crippen LogP contribution in [0.25, 0.3) is 0 Å². The average Bonchev–Trinajstić information content (AvgIpc) is 2.74. The molecule has 0 spiro atoms. The van der Waals surface area contributed by atoms with Crippen LogP contribution in [0, 0.1) is 5.41 Å². The van der Waals surface area contributed by atoms with Crippen molar-refractivity contribution in [2.24, 2.45) is 5.41 Å². The summed E-state index contributed by atoms with van der Waals surface area (Å²) in [5.41, 5.74) is -0.171. The van der Waals surface area contributed by atoms with E-state index in [9.17, 15) is 14.4 Å². The molecule has 1 fully saturated rings. The number of benzene rings is 1. The van der Waals surface area contributed by atoms with Gasteiger partial charge < -0.3 is 24.6 Å². The summed E-state index contributed by atoms with van der Waals surface area (Å²) < 4.78 is 10.8. The minimum Gasteiger partial charge on any atom is -0.445 e. The highest BCUT2D eigenvalue weighted by Gasteiger charge is 2.38. The summed E-state index contributed by atoms with van der Waals surface area (Å²) in [6.07, 6.45) is 0.346. The highest BCUT2D eigenvalue weighted by Crippen LogP contribution is 2.24. The minimum atomic E-state index is -0.741. The Labute approximate surface area is 197 Å². The number of likely N-dealkylation sites (tertiary alicyclic amines) is 1. The number of rotatable bonds is 5. The zero-order valence-electron chi connectivity index (χ0n) is 21.0. The standard InChI is InChI=1S/C25H39N3O5/c1-24(2,3)20(26-22(30)32-17-18-11-9-8-10-12-18)21(29)27(7)19-13-15-28(16-14-19)23(31)33-25(4,5)6/h8-12,19-20H,13-17H2,1-7H3,(H,26,30)/t20-/m1/s1. The Morgan fingerprint density at radius 1 is 1.06 bits per heavy atom. The molecule has 1 N–H and O–H groups in total. The van der Waals surface area contributed by atoms with Crippen molar-refractivity contribution in [3.8, 4) is 0 Å². The van der Waals surface area contributed by atoms with Gasteiger partial charge in [0.1, 0.15) is 18.2 Å². The van der Waals surface area contributed by atoms with Gasteiger partial charge in [-0.1, -0.05) is 51.1 Å². The van der Waals surface area contributed by atoms with Crippen molar-refractivity contribution in [2.75, 3.05) is 20.1 Å². The third-order valence-electron chi connectivity index (χ3n) is 5.60. The van der Waals surface area contributed by atoms with Crippen molar-refractivity contribution in [1.29, 1.82) is 0 Å². The molecule has 0 unspecified atom stereocenters. The van der Waals surface area contributed by atoms with E-state index in [4.69, 9.17) is 9.47 Å². The number of nitrogens with one attached hydrogen (secondary N) is 1. The summed E-state index contributed by atoms with van der Waals surface area (Å²) in [7, 11) is 1.76. The molecular weight excluding hydrogens is 422 g/mol. The molecule has 1 atom stereocenters. The van der Waals surface area contributed by atoms with E-state index in [2.05, 4.69) is 5.32 Å². The Bertz CT molecular complexity index is 806. The van der Waals surface area contributed by atoms with E-state index in [0.717, 1.165) is 5.56 Å². The van der Waals surface area contributed by atoms with E-state index < -0.39 is 23.2 Å². The molecule has 1 heterocycles. The summed E-state index contributed by atoms with van der Waals surface area (Å²) in [6.45, 7) is 12.4. The molecule has 1 saturated heterocycles. The lowest BCUT2D eigenvalue weighted by Gasteiger charge is -2.40. The van der Waals surface area contributed by atoms with Crippen molar-refractivity contribution in [2.45, 2.75) is 78.7 Å². The molecule has 1 aromatic carbocycles. The third-order valence-corrected chi connectivity index (χ3v) is 5.60. The molecule has 3 amide bonds. The number of carbonyl (C=O) groups is 3. The molecule has 8 heteroatoms. The largest absolute Gasteiger partial charge is 0.445 e. The molecule has 8 nitrogen and oxygen atoms in total. The van der Waals surface area contributed by atoms with Gasteiger partial charge in [-0.2, -0.15) is 0 Å².